The molecule has 3 nitrogen and oxygen atoms in total. The summed E-state index contributed by atoms with van der Waals surface area (Å²) in [5.74, 6) is 0.801. The highest BCUT2D eigenvalue weighted by Gasteiger charge is 2.14. The molecule has 98 valence electrons. The zero-order chi connectivity index (χ0) is 13.6. The Balaban J connectivity index is 2.02. The van der Waals surface area contributed by atoms with E-state index in [1.807, 2.05) is 11.4 Å². The molecule has 0 aliphatic carbocycles. The van der Waals surface area contributed by atoms with Crippen molar-refractivity contribution in [1.82, 2.24) is 14.6 Å². The zero-order valence-electron chi connectivity index (χ0n) is 11.6. The van der Waals surface area contributed by atoms with Crippen molar-refractivity contribution < 1.29 is 0 Å². The minimum absolute atomic E-state index is 0.178. The molecule has 0 atom stereocenters. The van der Waals surface area contributed by atoms with Gasteiger partial charge in [0.2, 0.25) is 4.96 Å². The van der Waals surface area contributed by atoms with Gasteiger partial charge < -0.3 is 0 Å². The third kappa shape index (κ3) is 2.16. The van der Waals surface area contributed by atoms with Crippen molar-refractivity contribution in [2.75, 3.05) is 0 Å². The highest BCUT2D eigenvalue weighted by atomic mass is 32.1. The molecule has 19 heavy (non-hydrogen) atoms. The second-order valence-corrected chi connectivity index (χ2v) is 6.67. The van der Waals surface area contributed by atoms with Gasteiger partial charge in [0, 0.05) is 10.9 Å². The third-order valence-corrected chi connectivity index (χ3v) is 4.19. The van der Waals surface area contributed by atoms with Gasteiger partial charge in [-0.05, 0) is 17.9 Å². The largest absolute Gasteiger partial charge is 0.212 e. The SMILES string of the molecule is Cc1csc2nc(-c3ccc(C(C)(C)C)cc3)nn12. The lowest BCUT2D eigenvalue weighted by Crippen LogP contribution is -2.10. The third-order valence-electron chi connectivity index (χ3n) is 3.26. The lowest BCUT2D eigenvalue weighted by atomic mass is 9.87. The number of thiazole rings is 1. The van der Waals surface area contributed by atoms with Crippen LogP contribution in [0.4, 0.5) is 0 Å². The van der Waals surface area contributed by atoms with Crippen LogP contribution in [0.5, 0.6) is 0 Å². The molecule has 0 saturated carbocycles. The fourth-order valence-corrected chi connectivity index (χ4v) is 2.83. The molecule has 2 heterocycles. The number of hydrogen-bond acceptors (Lipinski definition) is 3. The van der Waals surface area contributed by atoms with Crippen molar-refractivity contribution in [3.63, 3.8) is 0 Å². The van der Waals surface area contributed by atoms with E-state index in [0.29, 0.717) is 0 Å². The summed E-state index contributed by atoms with van der Waals surface area (Å²) in [4.78, 5) is 5.52. The molecule has 3 aromatic rings. The van der Waals surface area contributed by atoms with Gasteiger partial charge in [-0.15, -0.1) is 16.4 Å². The fourth-order valence-electron chi connectivity index (χ4n) is 2.03. The second-order valence-electron chi connectivity index (χ2n) is 5.83. The van der Waals surface area contributed by atoms with E-state index >= 15 is 0 Å². The number of hydrogen-bond donors (Lipinski definition) is 0. The van der Waals surface area contributed by atoms with Gasteiger partial charge in [0.25, 0.3) is 0 Å². The van der Waals surface area contributed by atoms with Crippen molar-refractivity contribution in [2.45, 2.75) is 33.1 Å². The first-order valence-corrected chi connectivity index (χ1v) is 7.25. The molecule has 0 amide bonds. The molecular formula is C15H17N3S. The van der Waals surface area contributed by atoms with E-state index in [1.165, 1.54) is 5.56 Å². The monoisotopic (exact) mass is 271 g/mol. The molecule has 0 saturated heterocycles. The average Bonchev–Trinajstić information content (AvgIpc) is 2.91. The van der Waals surface area contributed by atoms with E-state index in [4.69, 9.17) is 0 Å². The van der Waals surface area contributed by atoms with Crippen LogP contribution in [0.2, 0.25) is 0 Å². The van der Waals surface area contributed by atoms with Crippen LogP contribution in [0.1, 0.15) is 32.0 Å². The highest BCUT2D eigenvalue weighted by molar-refractivity contribution is 7.15. The molecule has 0 unspecified atom stereocenters. The summed E-state index contributed by atoms with van der Waals surface area (Å²) in [5, 5.41) is 6.62. The predicted octanol–water partition coefficient (Wildman–Crippen LogP) is 4.06. The van der Waals surface area contributed by atoms with Gasteiger partial charge in [-0.25, -0.2) is 4.52 Å². The van der Waals surface area contributed by atoms with Crippen molar-refractivity contribution in [3.05, 3.63) is 40.9 Å². The summed E-state index contributed by atoms with van der Waals surface area (Å²) in [7, 11) is 0. The summed E-state index contributed by atoms with van der Waals surface area (Å²) >= 11 is 1.63. The van der Waals surface area contributed by atoms with Crippen LogP contribution < -0.4 is 0 Å². The van der Waals surface area contributed by atoms with E-state index in [0.717, 1.165) is 22.0 Å². The Morgan fingerprint density at radius 3 is 2.37 bits per heavy atom. The molecule has 0 spiro atoms. The Morgan fingerprint density at radius 2 is 1.79 bits per heavy atom. The number of fused-ring (bicyclic) bond motifs is 1. The highest BCUT2D eigenvalue weighted by Crippen LogP contribution is 2.25. The molecular weight excluding hydrogens is 254 g/mol. The number of benzene rings is 1. The van der Waals surface area contributed by atoms with Gasteiger partial charge in [0.1, 0.15) is 0 Å². The minimum Gasteiger partial charge on any atom is -0.208 e. The number of nitrogens with zero attached hydrogens (tertiary/aromatic N) is 3. The molecule has 0 bridgehead atoms. The van der Waals surface area contributed by atoms with Gasteiger partial charge >= 0.3 is 0 Å². The first-order chi connectivity index (χ1) is 8.95. The van der Waals surface area contributed by atoms with Crippen LogP contribution in [-0.2, 0) is 5.41 Å². The van der Waals surface area contributed by atoms with Gasteiger partial charge in [-0.2, -0.15) is 4.98 Å². The molecule has 1 aromatic carbocycles. The molecule has 0 aliphatic heterocycles. The lowest BCUT2D eigenvalue weighted by molar-refractivity contribution is 0.590. The van der Waals surface area contributed by atoms with Gasteiger partial charge in [-0.1, -0.05) is 45.0 Å². The molecule has 4 heteroatoms. The molecule has 3 rings (SSSR count). The van der Waals surface area contributed by atoms with Gasteiger partial charge in [0.05, 0.1) is 5.69 Å². The van der Waals surface area contributed by atoms with Crippen LogP contribution in [0.3, 0.4) is 0 Å². The molecule has 2 aromatic heterocycles. The topological polar surface area (TPSA) is 30.2 Å². The quantitative estimate of drug-likeness (QED) is 0.668. The van der Waals surface area contributed by atoms with E-state index in [2.05, 4.69) is 60.5 Å². The van der Waals surface area contributed by atoms with Crippen LogP contribution in [0.15, 0.2) is 29.6 Å². The average molecular weight is 271 g/mol. The number of rotatable bonds is 1. The van der Waals surface area contributed by atoms with Gasteiger partial charge in [0.15, 0.2) is 5.82 Å². The number of aromatic nitrogens is 3. The Kier molecular flexibility index (Phi) is 2.71. The fraction of sp³-hybridized carbons (Fsp3) is 0.333. The predicted molar refractivity (Wildman–Crippen MR) is 79.7 cm³/mol. The van der Waals surface area contributed by atoms with E-state index in [1.54, 1.807) is 11.3 Å². The first-order valence-electron chi connectivity index (χ1n) is 6.37. The zero-order valence-corrected chi connectivity index (χ0v) is 12.5. The maximum absolute atomic E-state index is 4.57. The smallest absolute Gasteiger partial charge is 0.208 e. The van der Waals surface area contributed by atoms with Crippen molar-refractivity contribution >= 4 is 16.3 Å². The van der Waals surface area contributed by atoms with Crippen molar-refractivity contribution in [3.8, 4) is 11.4 Å². The number of aryl methyl sites for hydroxylation is 1. The van der Waals surface area contributed by atoms with Crippen molar-refractivity contribution in [1.29, 1.82) is 0 Å². The van der Waals surface area contributed by atoms with Crippen LogP contribution in [0, 0.1) is 6.92 Å². The van der Waals surface area contributed by atoms with E-state index in [9.17, 15) is 0 Å². The molecule has 0 radical (unpaired) electrons. The standard InChI is InChI=1S/C15H17N3S/c1-10-9-19-14-16-13(17-18(10)14)11-5-7-12(8-6-11)15(2,3)4/h5-9H,1-4H3. The lowest BCUT2D eigenvalue weighted by Gasteiger charge is -2.18. The normalized spacial score (nSPS) is 12.2. The maximum atomic E-state index is 4.57. The molecule has 0 aliphatic rings. The van der Waals surface area contributed by atoms with Crippen LogP contribution >= 0.6 is 11.3 Å². The second kappa shape index (κ2) is 4.17. The molecule has 0 fully saturated rings. The molecule has 0 N–H and O–H groups in total. The Morgan fingerprint density at radius 1 is 1.11 bits per heavy atom. The summed E-state index contributed by atoms with van der Waals surface area (Å²) in [6.07, 6.45) is 0. The van der Waals surface area contributed by atoms with Crippen LogP contribution in [0.25, 0.3) is 16.3 Å². The summed E-state index contributed by atoms with van der Waals surface area (Å²) in [5.41, 5.74) is 3.71. The summed E-state index contributed by atoms with van der Waals surface area (Å²) in [6, 6.07) is 8.54. The maximum Gasteiger partial charge on any atom is 0.212 e. The summed E-state index contributed by atoms with van der Waals surface area (Å²) < 4.78 is 1.90. The van der Waals surface area contributed by atoms with E-state index < -0.39 is 0 Å². The van der Waals surface area contributed by atoms with E-state index in [-0.39, 0.29) is 5.41 Å². The summed E-state index contributed by atoms with van der Waals surface area (Å²) in [6.45, 7) is 8.70. The Hall–Kier alpha value is -1.68. The van der Waals surface area contributed by atoms with Gasteiger partial charge in [-0.3, -0.25) is 0 Å². The Labute approximate surface area is 116 Å². The first kappa shape index (κ1) is 12.4. The Bertz CT molecular complexity index is 714. The minimum atomic E-state index is 0.178. The van der Waals surface area contributed by atoms with Crippen LogP contribution in [-0.4, -0.2) is 14.6 Å². The van der Waals surface area contributed by atoms with Crippen molar-refractivity contribution in [2.24, 2.45) is 0 Å².